The standard InChI is InChI=1S/C38H26OS2.C26H22N2.CH3N/c1-4-9-26(25-16-18-29-28-11-5-6-14-33(28)41-35(29)21-25)37-23(3)40-34-15-8-12-27(38(34)37)24-17-19-31-30(20-24)36-22(2)10-7-13-32(36)39-31;1-3-20-21(4-2)24-15-14-19(16-25(24)23-13-9-8-12-22(20)23)26(27)28-17-18-10-6-5-7-11-18;1-2/h4-21H,1H2,2-3H3;3-16H,1-2,17H2,(H2,27,28);2H,1H2/b26-9-;;. The molecule has 0 atom stereocenters. The number of amidine groups is 1. The predicted octanol–water partition coefficient (Wildman–Crippen LogP) is 18.5. The summed E-state index contributed by atoms with van der Waals surface area (Å²) in [7, 11) is 0. The first-order chi connectivity index (χ1) is 34.8. The Morgan fingerprint density at radius 2 is 1.23 bits per heavy atom. The van der Waals surface area contributed by atoms with Crippen LogP contribution in [0.3, 0.4) is 0 Å². The van der Waals surface area contributed by atoms with Crippen molar-refractivity contribution in [3.63, 3.8) is 0 Å². The van der Waals surface area contributed by atoms with E-state index in [-0.39, 0.29) is 0 Å². The highest BCUT2D eigenvalue weighted by Gasteiger charge is 2.21. The summed E-state index contributed by atoms with van der Waals surface area (Å²) in [5.41, 5.74) is 19.8. The van der Waals surface area contributed by atoms with E-state index in [9.17, 15) is 0 Å². The van der Waals surface area contributed by atoms with Crippen LogP contribution in [0.15, 0.2) is 211 Å². The van der Waals surface area contributed by atoms with Crippen LogP contribution in [0.4, 0.5) is 0 Å². The van der Waals surface area contributed by atoms with Crippen molar-refractivity contribution in [1.29, 1.82) is 5.41 Å². The molecule has 0 spiro atoms. The fourth-order valence-corrected chi connectivity index (χ4v) is 12.3. The number of furan rings is 1. The minimum Gasteiger partial charge on any atom is -0.456 e. The second-order valence-corrected chi connectivity index (χ2v) is 19.7. The van der Waals surface area contributed by atoms with Crippen LogP contribution in [0.25, 0.3) is 103 Å². The van der Waals surface area contributed by atoms with Crippen molar-refractivity contribution in [2.75, 3.05) is 0 Å². The normalized spacial score (nSPS) is 11.8. The third kappa shape index (κ3) is 8.48. The molecule has 0 bridgehead atoms. The highest BCUT2D eigenvalue weighted by atomic mass is 32.1. The summed E-state index contributed by atoms with van der Waals surface area (Å²) in [6.45, 7) is 19.6. The number of hydrogen-bond acceptors (Lipinski definition) is 5. The number of nitrogens with one attached hydrogen (secondary N) is 1. The first-order valence-electron chi connectivity index (χ1n) is 23.5. The monoisotopic (exact) mass is 953 g/mol. The van der Waals surface area contributed by atoms with Crippen LogP contribution in [0, 0.1) is 19.3 Å². The molecule has 4 nitrogen and oxygen atoms in total. The molecule has 3 aromatic heterocycles. The van der Waals surface area contributed by atoms with Gasteiger partial charge in [-0.1, -0.05) is 171 Å². The fraction of sp³-hybridized carbons (Fsp3) is 0.0462. The molecule has 3 heterocycles. The van der Waals surface area contributed by atoms with E-state index < -0.39 is 0 Å². The summed E-state index contributed by atoms with van der Waals surface area (Å²) in [5, 5.41) is 16.4. The van der Waals surface area contributed by atoms with Gasteiger partial charge >= 0.3 is 0 Å². The minimum atomic E-state index is 0.544. The molecule has 3 N–H and O–H groups in total. The molecule has 9 aromatic carbocycles. The van der Waals surface area contributed by atoms with Crippen molar-refractivity contribution >= 4 is 127 Å². The number of nitrogens with two attached hydrogens (primary N) is 1. The molecule has 6 heteroatoms. The van der Waals surface area contributed by atoms with Crippen LogP contribution in [0.5, 0.6) is 0 Å². The van der Waals surface area contributed by atoms with Crippen LogP contribution in [-0.4, -0.2) is 12.6 Å². The number of nitrogens with zero attached hydrogens (tertiary/aromatic N) is 1. The molecular weight excluding hydrogens is 903 g/mol. The zero-order valence-corrected chi connectivity index (χ0v) is 41.4. The van der Waals surface area contributed by atoms with Crippen LogP contribution < -0.4 is 5.73 Å². The van der Waals surface area contributed by atoms with Gasteiger partial charge < -0.3 is 15.6 Å². The third-order valence-electron chi connectivity index (χ3n) is 13.2. The summed E-state index contributed by atoms with van der Waals surface area (Å²) in [5.74, 6) is 0.544. The van der Waals surface area contributed by atoms with Crippen LogP contribution in [-0.2, 0) is 6.54 Å². The number of fused-ring (bicyclic) bond motifs is 10. The minimum absolute atomic E-state index is 0.544. The maximum absolute atomic E-state index is 6.32. The topological polar surface area (TPSA) is 75.4 Å². The molecule has 0 aliphatic carbocycles. The van der Waals surface area contributed by atoms with Gasteiger partial charge in [0, 0.05) is 57.0 Å². The average Bonchev–Trinajstić information content (AvgIpc) is 4.10. The number of allylic oxidation sites excluding steroid dienone is 2. The lowest BCUT2D eigenvalue weighted by Gasteiger charge is -2.14. The predicted molar refractivity (Wildman–Crippen MR) is 313 cm³/mol. The molecule has 0 radical (unpaired) electrons. The molecule has 344 valence electrons. The van der Waals surface area contributed by atoms with Crippen molar-refractivity contribution < 1.29 is 4.42 Å². The molecule has 71 heavy (non-hydrogen) atoms. The number of benzene rings is 9. The van der Waals surface area contributed by atoms with Crippen LogP contribution >= 0.6 is 22.7 Å². The Hall–Kier alpha value is -8.42. The number of aryl methyl sites for hydroxylation is 2. The molecule has 0 unspecified atom stereocenters. The van der Waals surface area contributed by atoms with Gasteiger partial charge in [0.2, 0.25) is 0 Å². The van der Waals surface area contributed by atoms with Gasteiger partial charge in [-0.05, 0) is 129 Å². The zero-order chi connectivity index (χ0) is 49.2. The van der Waals surface area contributed by atoms with Gasteiger partial charge in [-0.25, -0.2) is 0 Å². The van der Waals surface area contributed by atoms with Crippen molar-refractivity contribution in [1.82, 2.24) is 0 Å². The van der Waals surface area contributed by atoms with Crippen LogP contribution in [0.2, 0.25) is 0 Å². The Morgan fingerprint density at radius 3 is 2.00 bits per heavy atom. The van der Waals surface area contributed by atoms with Gasteiger partial charge in [-0.2, -0.15) is 0 Å². The van der Waals surface area contributed by atoms with E-state index in [4.69, 9.17) is 15.6 Å². The lowest BCUT2D eigenvalue weighted by Crippen LogP contribution is -2.13. The Bertz CT molecular complexity index is 4110. The van der Waals surface area contributed by atoms with Crippen molar-refractivity contribution in [3.05, 3.63) is 246 Å². The number of aliphatic imine (C=N–C) groups is 1. The maximum atomic E-state index is 6.32. The second kappa shape index (κ2) is 19.9. The molecule has 0 amide bonds. The van der Waals surface area contributed by atoms with Gasteiger partial charge in [0.15, 0.2) is 0 Å². The number of rotatable bonds is 9. The summed E-state index contributed by atoms with van der Waals surface area (Å²) in [6.07, 6.45) is 7.90. The largest absolute Gasteiger partial charge is 0.456 e. The van der Waals surface area contributed by atoms with E-state index in [1.165, 1.54) is 79.3 Å². The Labute approximate surface area is 421 Å². The summed E-state index contributed by atoms with van der Waals surface area (Å²) in [6, 6.07) is 59.9. The van der Waals surface area contributed by atoms with Crippen molar-refractivity contribution in [2.45, 2.75) is 20.4 Å². The van der Waals surface area contributed by atoms with Gasteiger partial charge in [0.25, 0.3) is 0 Å². The lowest BCUT2D eigenvalue weighted by atomic mass is 9.90. The Kier molecular flexibility index (Phi) is 13.0. The molecule has 12 rings (SSSR count). The van der Waals surface area contributed by atoms with E-state index >= 15 is 0 Å². The first-order valence-corrected chi connectivity index (χ1v) is 25.1. The molecule has 12 aromatic rings. The van der Waals surface area contributed by atoms with Crippen molar-refractivity contribution in [2.24, 2.45) is 10.7 Å². The highest BCUT2D eigenvalue weighted by Crippen LogP contribution is 2.46. The SMILES string of the molecule is C=C/C=C(/c1ccc2c(c1)sc1ccccc12)c1c(C)sc2cccc(-c3ccc4oc5cccc(C)c5c4c3)c12.C=Cc1c(C=C)c2ccc(C(N)=NCc3ccccc3)cc2c2ccccc12.C=N. The fourth-order valence-electron chi connectivity index (χ4n) is 10.0. The quantitative estimate of drug-likeness (QED) is 0.0655. The van der Waals surface area contributed by atoms with E-state index in [2.05, 4.69) is 191 Å². The van der Waals surface area contributed by atoms with E-state index in [1.807, 2.05) is 71.2 Å². The number of thiophene rings is 2. The Morgan fingerprint density at radius 1 is 0.563 bits per heavy atom. The Balaban J connectivity index is 0.000000170. The zero-order valence-electron chi connectivity index (χ0n) is 39.8. The molecular formula is C65H51N3OS2. The molecule has 0 aliphatic rings. The van der Waals surface area contributed by atoms with E-state index in [1.54, 1.807) is 0 Å². The van der Waals surface area contributed by atoms with Gasteiger partial charge in [-0.15, -0.1) is 22.7 Å². The lowest BCUT2D eigenvalue weighted by molar-refractivity contribution is 0.669. The van der Waals surface area contributed by atoms with Gasteiger partial charge in [0.1, 0.15) is 17.0 Å². The van der Waals surface area contributed by atoms with Crippen LogP contribution in [0.1, 0.15) is 43.8 Å². The third-order valence-corrected chi connectivity index (χ3v) is 15.4. The van der Waals surface area contributed by atoms with E-state index in [0.717, 1.165) is 55.0 Å². The smallest absolute Gasteiger partial charge is 0.135 e. The van der Waals surface area contributed by atoms with Gasteiger partial charge in [0.05, 0.1) is 6.54 Å². The number of hydrogen-bond donors (Lipinski definition) is 2. The summed E-state index contributed by atoms with van der Waals surface area (Å²) < 4.78 is 10.1. The summed E-state index contributed by atoms with van der Waals surface area (Å²) >= 11 is 3.72. The van der Waals surface area contributed by atoms with Gasteiger partial charge in [-0.3, -0.25) is 4.99 Å². The van der Waals surface area contributed by atoms with E-state index in [0.29, 0.717) is 12.4 Å². The average molecular weight is 954 g/mol. The molecule has 0 saturated carbocycles. The van der Waals surface area contributed by atoms with Crippen molar-refractivity contribution in [3.8, 4) is 11.1 Å². The molecule has 0 aliphatic heterocycles. The summed E-state index contributed by atoms with van der Waals surface area (Å²) in [4.78, 5) is 5.89. The molecule has 0 fully saturated rings. The molecule has 0 saturated heterocycles. The first kappa shape index (κ1) is 46.3. The maximum Gasteiger partial charge on any atom is 0.135 e. The second-order valence-electron chi connectivity index (χ2n) is 17.3. The highest BCUT2D eigenvalue weighted by molar-refractivity contribution is 7.25.